The minimum Gasteiger partial charge on any atom is -0.388 e. The number of nitrogens with one attached hydrogen (secondary N) is 1. The number of hydrogen-bond acceptors (Lipinski definition) is 3. The highest BCUT2D eigenvalue weighted by molar-refractivity contribution is 5.78. The van der Waals surface area contributed by atoms with Crippen LogP contribution in [0.25, 0.3) is 5.57 Å². The van der Waals surface area contributed by atoms with E-state index in [1.54, 1.807) is 0 Å². The molecule has 2 aromatic rings. The quantitative estimate of drug-likeness (QED) is 0.512. The maximum atomic E-state index is 5.06. The molecule has 2 unspecified atom stereocenters. The third-order valence-electron chi connectivity index (χ3n) is 7.15. The highest BCUT2D eigenvalue weighted by Gasteiger charge is 2.22. The van der Waals surface area contributed by atoms with Gasteiger partial charge in [-0.15, -0.1) is 0 Å². The van der Waals surface area contributed by atoms with E-state index in [1.807, 2.05) is 0 Å². The Hall–Kier alpha value is -2.39. The summed E-state index contributed by atoms with van der Waals surface area (Å²) in [7, 11) is 0. The SMILES string of the molecule is Cc1ccc(C(=CCN2CCCC2)c2cccc(CC=CNC3CC(C)CC(C)C3)n2)cc1. The van der Waals surface area contributed by atoms with Crippen molar-refractivity contribution in [1.82, 2.24) is 15.2 Å². The zero-order valence-corrected chi connectivity index (χ0v) is 20.8. The van der Waals surface area contributed by atoms with Gasteiger partial charge in [0.15, 0.2) is 0 Å². The van der Waals surface area contributed by atoms with Gasteiger partial charge in [0.2, 0.25) is 0 Å². The van der Waals surface area contributed by atoms with Gasteiger partial charge in [-0.3, -0.25) is 9.88 Å². The molecule has 33 heavy (non-hydrogen) atoms. The molecule has 2 fully saturated rings. The summed E-state index contributed by atoms with van der Waals surface area (Å²) >= 11 is 0. The third kappa shape index (κ3) is 7.04. The molecule has 2 aliphatic rings. The van der Waals surface area contributed by atoms with Gasteiger partial charge < -0.3 is 5.32 Å². The maximum absolute atomic E-state index is 5.06. The van der Waals surface area contributed by atoms with Gasteiger partial charge in [0, 0.05) is 30.3 Å². The van der Waals surface area contributed by atoms with Crippen LogP contribution in [0.15, 0.2) is 60.8 Å². The van der Waals surface area contributed by atoms with Crippen LogP contribution in [0, 0.1) is 18.8 Å². The second kappa shape index (κ2) is 11.7. The summed E-state index contributed by atoms with van der Waals surface area (Å²) in [6, 6.07) is 15.9. The summed E-state index contributed by atoms with van der Waals surface area (Å²) in [5.74, 6) is 1.65. The average Bonchev–Trinajstić information content (AvgIpc) is 3.31. The Morgan fingerprint density at radius 3 is 2.45 bits per heavy atom. The zero-order chi connectivity index (χ0) is 23.0. The normalized spacial score (nSPS) is 24.5. The average molecular weight is 444 g/mol. The molecule has 3 nitrogen and oxygen atoms in total. The lowest BCUT2D eigenvalue weighted by molar-refractivity contribution is 0.252. The highest BCUT2D eigenvalue weighted by atomic mass is 15.1. The molecule has 176 valence electrons. The van der Waals surface area contributed by atoms with E-state index in [2.05, 4.69) is 91.8 Å². The lowest BCUT2D eigenvalue weighted by Crippen LogP contribution is -2.33. The molecule has 4 rings (SSSR count). The smallest absolute Gasteiger partial charge is 0.0708 e. The molecule has 1 saturated heterocycles. The predicted octanol–water partition coefficient (Wildman–Crippen LogP) is 6.39. The van der Waals surface area contributed by atoms with Crippen LogP contribution in [-0.2, 0) is 6.42 Å². The van der Waals surface area contributed by atoms with Gasteiger partial charge in [-0.05, 0) is 87.8 Å². The molecule has 1 aromatic heterocycles. The Bertz CT molecular complexity index is 927. The molecule has 0 bridgehead atoms. The first kappa shape index (κ1) is 23.8. The van der Waals surface area contributed by atoms with Crippen LogP contribution in [-0.4, -0.2) is 35.6 Å². The van der Waals surface area contributed by atoms with E-state index in [0.29, 0.717) is 6.04 Å². The third-order valence-corrected chi connectivity index (χ3v) is 7.15. The number of likely N-dealkylation sites (tertiary alicyclic amines) is 1. The Balaban J connectivity index is 1.44. The van der Waals surface area contributed by atoms with Gasteiger partial charge >= 0.3 is 0 Å². The molecule has 0 spiro atoms. The first-order valence-corrected chi connectivity index (χ1v) is 12.9. The largest absolute Gasteiger partial charge is 0.388 e. The van der Waals surface area contributed by atoms with Gasteiger partial charge in [0.05, 0.1) is 5.69 Å². The molecule has 1 aliphatic heterocycles. The first-order chi connectivity index (χ1) is 16.1. The van der Waals surface area contributed by atoms with Crippen LogP contribution in [0.4, 0.5) is 0 Å². The summed E-state index contributed by atoms with van der Waals surface area (Å²) in [5.41, 5.74) is 5.99. The number of hydrogen-bond donors (Lipinski definition) is 1. The monoisotopic (exact) mass is 443 g/mol. The van der Waals surface area contributed by atoms with Crippen LogP contribution >= 0.6 is 0 Å². The van der Waals surface area contributed by atoms with Gasteiger partial charge in [-0.25, -0.2) is 0 Å². The van der Waals surface area contributed by atoms with E-state index in [4.69, 9.17) is 4.98 Å². The Labute approximate surface area is 201 Å². The fourth-order valence-corrected chi connectivity index (χ4v) is 5.50. The molecule has 1 aliphatic carbocycles. The van der Waals surface area contributed by atoms with Gasteiger partial charge in [0.25, 0.3) is 0 Å². The van der Waals surface area contributed by atoms with Crippen molar-refractivity contribution in [2.24, 2.45) is 11.8 Å². The lowest BCUT2D eigenvalue weighted by atomic mass is 9.80. The van der Waals surface area contributed by atoms with Gasteiger partial charge in [-0.1, -0.05) is 61.9 Å². The molecule has 2 heterocycles. The fourth-order valence-electron chi connectivity index (χ4n) is 5.50. The topological polar surface area (TPSA) is 28.2 Å². The van der Waals surface area contributed by atoms with Crippen molar-refractivity contribution in [1.29, 1.82) is 0 Å². The number of allylic oxidation sites excluding steroid dienone is 1. The van der Waals surface area contributed by atoms with Crippen LogP contribution in [0.5, 0.6) is 0 Å². The van der Waals surface area contributed by atoms with Crippen LogP contribution in [0.1, 0.15) is 68.5 Å². The van der Waals surface area contributed by atoms with E-state index < -0.39 is 0 Å². The van der Waals surface area contributed by atoms with Crippen molar-refractivity contribution in [2.45, 2.75) is 65.3 Å². The summed E-state index contributed by atoms with van der Waals surface area (Å²) < 4.78 is 0. The molecule has 1 N–H and O–H groups in total. The summed E-state index contributed by atoms with van der Waals surface area (Å²) in [4.78, 5) is 7.60. The fraction of sp³-hybridized carbons (Fsp3) is 0.500. The van der Waals surface area contributed by atoms with Crippen molar-refractivity contribution in [3.63, 3.8) is 0 Å². The molecule has 1 saturated carbocycles. The van der Waals surface area contributed by atoms with Crippen LogP contribution < -0.4 is 5.32 Å². The Morgan fingerprint density at radius 1 is 1.00 bits per heavy atom. The first-order valence-electron chi connectivity index (χ1n) is 12.9. The van der Waals surface area contributed by atoms with E-state index in [1.165, 1.54) is 61.9 Å². The summed E-state index contributed by atoms with van der Waals surface area (Å²) in [5, 5.41) is 3.65. The van der Waals surface area contributed by atoms with Gasteiger partial charge in [-0.2, -0.15) is 0 Å². The number of aryl methyl sites for hydroxylation is 1. The number of nitrogens with zero attached hydrogens (tertiary/aromatic N) is 2. The van der Waals surface area contributed by atoms with Crippen LogP contribution in [0.2, 0.25) is 0 Å². The lowest BCUT2D eigenvalue weighted by Gasteiger charge is -2.31. The van der Waals surface area contributed by atoms with Crippen molar-refractivity contribution in [2.75, 3.05) is 19.6 Å². The Kier molecular flexibility index (Phi) is 8.39. The second-order valence-electron chi connectivity index (χ2n) is 10.4. The number of aromatic nitrogens is 1. The minimum absolute atomic E-state index is 0.612. The van der Waals surface area contributed by atoms with E-state index in [-0.39, 0.29) is 0 Å². The molecular formula is C30H41N3. The van der Waals surface area contributed by atoms with Crippen molar-refractivity contribution < 1.29 is 0 Å². The number of rotatable bonds is 8. The van der Waals surface area contributed by atoms with E-state index in [0.717, 1.165) is 36.2 Å². The number of benzene rings is 1. The zero-order valence-electron chi connectivity index (χ0n) is 20.8. The molecule has 1 aromatic carbocycles. The summed E-state index contributed by atoms with van der Waals surface area (Å²) in [6.45, 7) is 10.3. The molecule has 0 amide bonds. The van der Waals surface area contributed by atoms with Crippen molar-refractivity contribution in [3.05, 3.63) is 83.3 Å². The molecule has 2 atom stereocenters. The molecule has 0 radical (unpaired) electrons. The van der Waals surface area contributed by atoms with Crippen molar-refractivity contribution in [3.8, 4) is 0 Å². The minimum atomic E-state index is 0.612. The highest BCUT2D eigenvalue weighted by Crippen LogP contribution is 2.28. The standard InChI is InChI=1S/C30H41N3/c1-23-11-13-26(14-12-23)29(15-19-33-17-4-5-18-33)30-10-6-8-27(32-30)9-7-16-31-28-21-24(2)20-25(3)22-28/h6-8,10-16,24-25,28,31H,4-5,9,17-22H2,1-3H3. The Morgan fingerprint density at radius 2 is 1.73 bits per heavy atom. The van der Waals surface area contributed by atoms with Crippen LogP contribution in [0.3, 0.4) is 0 Å². The van der Waals surface area contributed by atoms with Gasteiger partial charge in [0.1, 0.15) is 0 Å². The molecule has 3 heteroatoms. The molecular weight excluding hydrogens is 402 g/mol. The predicted molar refractivity (Wildman–Crippen MR) is 140 cm³/mol. The van der Waals surface area contributed by atoms with E-state index in [9.17, 15) is 0 Å². The maximum Gasteiger partial charge on any atom is 0.0708 e. The summed E-state index contributed by atoms with van der Waals surface area (Å²) in [6.07, 6.45) is 14.2. The van der Waals surface area contributed by atoms with E-state index >= 15 is 0 Å². The number of pyridine rings is 1. The second-order valence-corrected chi connectivity index (χ2v) is 10.4. The van der Waals surface area contributed by atoms with Crippen molar-refractivity contribution >= 4 is 5.57 Å².